The first-order chi connectivity index (χ1) is 14.5. The minimum absolute atomic E-state index is 0.166. The van der Waals surface area contributed by atoms with Crippen LogP contribution in [0.5, 0.6) is 0 Å². The van der Waals surface area contributed by atoms with Crippen molar-refractivity contribution in [2.24, 2.45) is 5.10 Å². The van der Waals surface area contributed by atoms with Gasteiger partial charge in [-0.15, -0.1) is 0 Å². The average Bonchev–Trinajstić information content (AvgIpc) is 3.21. The maximum Gasteiger partial charge on any atom is 0.261 e. The molecule has 1 aliphatic rings. The molecule has 1 atom stereocenters. The summed E-state index contributed by atoms with van der Waals surface area (Å²) < 4.78 is 28.3. The van der Waals surface area contributed by atoms with Crippen molar-refractivity contribution < 1.29 is 13.2 Å². The van der Waals surface area contributed by atoms with E-state index >= 15 is 0 Å². The molecule has 3 aromatic rings. The fourth-order valence-electron chi connectivity index (χ4n) is 3.53. The van der Waals surface area contributed by atoms with Gasteiger partial charge in [-0.1, -0.05) is 66.7 Å². The van der Waals surface area contributed by atoms with E-state index in [2.05, 4.69) is 9.82 Å². The Morgan fingerprint density at radius 1 is 0.933 bits per heavy atom. The van der Waals surface area contributed by atoms with Crippen LogP contribution in [0.25, 0.3) is 0 Å². The molecular weight excluding hydrogens is 398 g/mol. The highest BCUT2D eigenvalue weighted by molar-refractivity contribution is 7.92. The zero-order chi connectivity index (χ0) is 21.1. The van der Waals surface area contributed by atoms with E-state index in [-0.39, 0.29) is 16.8 Å². The van der Waals surface area contributed by atoms with Crippen LogP contribution in [0.1, 0.15) is 30.5 Å². The molecule has 7 heteroatoms. The van der Waals surface area contributed by atoms with Gasteiger partial charge in [0.1, 0.15) is 0 Å². The van der Waals surface area contributed by atoms with Crippen molar-refractivity contribution in [2.75, 3.05) is 4.72 Å². The van der Waals surface area contributed by atoms with Gasteiger partial charge in [0.2, 0.25) is 5.91 Å². The number of nitrogens with zero attached hydrogens (tertiary/aromatic N) is 2. The molecule has 30 heavy (non-hydrogen) atoms. The lowest BCUT2D eigenvalue weighted by Crippen LogP contribution is -2.24. The third kappa shape index (κ3) is 3.97. The van der Waals surface area contributed by atoms with E-state index in [4.69, 9.17) is 0 Å². The van der Waals surface area contributed by atoms with Crippen LogP contribution in [0, 0.1) is 0 Å². The van der Waals surface area contributed by atoms with Gasteiger partial charge in [-0.25, -0.2) is 13.4 Å². The number of carbonyl (C=O) groups is 1. The smallest absolute Gasteiger partial charge is 0.261 e. The van der Waals surface area contributed by atoms with Gasteiger partial charge in [0.05, 0.1) is 22.3 Å². The molecule has 152 valence electrons. The summed E-state index contributed by atoms with van der Waals surface area (Å²) in [6.45, 7) is 1.48. The summed E-state index contributed by atoms with van der Waals surface area (Å²) in [6, 6.07) is 24.8. The largest absolute Gasteiger partial charge is 0.279 e. The summed E-state index contributed by atoms with van der Waals surface area (Å²) in [7, 11) is -3.75. The standard InChI is InChI=1S/C23H21N3O3S/c1-17(27)26-23(18-10-4-2-5-11-18)16-22(24-26)20-14-8-9-15-21(20)25-30(28,29)19-12-6-3-7-13-19/h2-15,23,25H,16H2,1H3. The Morgan fingerprint density at radius 2 is 1.53 bits per heavy atom. The van der Waals surface area contributed by atoms with Gasteiger partial charge in [0.15, 0.2) is 0 Å². The SMILES string of the molecule is CC(=O)N1N=C(c2ccccc2NS(=O)(=O)c2ccccc2)CC1c1ccccc1. The first kappa shape index (κ1) is 19.8. The number of nitrogens with one attached hydrogen (secondary N) is 1. The van der Waals surface area contributed by atoms with E-state index in [9.17, 15) is 13.2 Å². The minimum atomic E-state index is -3.75. The van der Waals surface area contributed by atoms with E-state index in [1.807, 2.05) is 42.5 Å². The van der Waals surface area contributed by atoms with Gasteiger partial charge in [-0.05, 0) is 23.8 Å². The molecular formula is C23H21N3O3S. The number of hydrazone groups is 1. The third-order valence-corrected chi connectivity index (χ3v) is 6.33. The Morgan fingerprint density at radius 3 is 2.20 bits per heavy atom. The third-order valence-electron chi connectivity index (χ3n) is 4.95. The van der Waals surface area contributed by atoms with Gasteiger partial charge >= 0.3 is 0 Å². The maximum absolute atomic E-state index is 12.8. The molecule has 1 aliphatic heterocycles. The predicted molar refractivity (Wildman–Crippen MR) is 117 cm³/mol. The number of hydrogen-bond acceptors (Lipinski definition) is 4. The van der Waals surface area contributed by atoms with Crippen molar-refractivity contribution in [3.63, 3.8) is 0 Å². The Hall–Kier alpha value is -3.45. The lowest BCUT2D eigenvalue weighted by molar-refractivity contribution is -0.130. The Balaban J connectivity index is 1.69. The molecule has 0 spiro atoms. The van der Waals surface area contributed by atoms with Crippen LogP contribution in [-0.4, -0.2) is 25.0 Å². The first-order valence-electron chi connectivity index (χ1n) is 9.55. The highest BCUT2D eigenvalue weighted by Gasteiger charge is 2.32. The van der Waals surface area contributed by atoms with Crippen molar-refractivity contribution in [2.45, 2.75) is 24.3 Å². The molecule has 1 N–H and O–H groups in total. The van der Waals surface area contributed by atoms with Crippen molar-refractivity contribution >= 4 is 27.3 Å². The van der Waals surface area contributed by atoms with Crippen molar-refractivity contribution in [3.8, 4) is 0 Å². The van der Waals surface area contributed by atoms with Crippen LogP contribution < -0.4 is 4.72 Å². The summed E-state index contributed by atoms with van der Waals surface area (Å²) in [5.74, 6) is -0.166. The van der Waals surface area contributed by atoms with Crippen LogP contribution in [0.3, 0.4) is 0 Å². The molecule has 3 aromatic carbocycles. The van der Waals surface area contributed by atoms with E-state index < -0.39 is 10.0 Å². The quantitative estimate of drug-likeness (QED) is 0.674. The van der Waals surface area contributed by atoms with Gasteiger partial charge < -0.3 is 0 Å². The number of para-hydroxylation sites is 1. The number of hydrogen-bond donors (Lipinski definition) is 1. The summed E-state index contributed by atoms with van der Waals surface area (Å²) in [5.41, 5.74) is 2.72. The van der Waals surface area contributed by atoms with Crippen molar-refractivity contribution in [1.82, 2.24) is 5.01 Å². The summed E-state index contributed by atoms with van der Waals surface area (Å²) in [6.07, 6.45) is 0.494. The molecule has 0 saturated carbocycles. The maximum atomic E-state index is 12.8. The van der Waals surface area contributed by atoms with Gasteiger partial charge in [0.25, 0.3) is 10.0 Å². The van der Waals surface area contributed by atoms with Crippen LogP contribution in [0.4, 0.5) is 5.69 Å². The second-order valence-electron chi connectivity index (χ2n) is 7.01. The lowest BCUT2D eigenvalue weighted by Gasteiger charge is -2.20. The number of amides is 1. The summed E-state index contributed by atoms with van der Waals surface area (Å²) >= 11 is 0. The number of carbonyl (C=O) groups excluding carboxylic acids is 1. The van der Waals surface area contributed by atoms with Gasteiger partial charge in [-0.3, -0.25) is 9.52 Å². The van der Waals surface area contributed by atoms with Crippen LogP contribution in [-0.2, 0) is 14.8 Å². The lowest BCUT2D eigenvalue weighted by atomic mass is 9.98. The molecule has 0 radical (unpaired) electrons. The molecule has 0 bridgehead atoms. The first-order valence-corrected chi connectivity index (χ1v) is 11.0. The molecule has 0 aromatic heterocycles. The van der Waals surface area contributed by atoms with Crippen molar-refractivity contribution in [3.05, 3.63) is 96.1 Å². The van der Waals surface area contributed by atoms with E-state index in [1.54, 1.807) is 42.5 Å². The molecule has 1 heterocycles. The summed E-state index contributed by atoms with van der Waals surface area (Å²) in [5, 5.41) is 6.01. The Bertz CT molecular complexity index is 1190. The fraction of sp³-hybridized carbons (Fsp3) is 0.130. The number of anilines is 1. The average molecular weight is 420 g/mol. The van der Waals surface area contributed by atoms with Gasteiger partial charge in [-0.2, -0.15) is 5.10 Å². The molecule has 0 saturated heterocycles. The summed E-state index contributed by atoms with van der Waals surface area (Å²) in [4.78, 5) is 12.4. The minimum Gasteiger partial charge on any atom is -0.279 e. The predicted octanol–water partition coefficient (Wildman–Crippen LogP) is 4.19. The van der Waals surface area contributed by atoms with Crippen molar-refractivity contribution in [1.29, 1.82) is 0 Å². The van der Waals surface area contributed by atoms with E-state index in [0.29, 0.717) is 23.4 Å². The Kier molecular flexibility index (Phi) is 5.37. The second kappa shape index (κ2) is 8.12. The van der Waals surface area contributed by atoms with Crippen LogP contribution >= 0.6 is 0 Å². The zero-order valence-corrected chi connectivity index (χ0v) is 17.2. The molecule has 6 nitrogen and oxygen atoms in total. The molecule has 0 aliphatic carbocycles. The molecule has 0 fully saturated rings. The monoisotopic (exact) mass is 419 g/mol. The number of sulfonamides is 1. The normalized spacial score (nSPS) is 16.2. The second-order valence-corrected chi connectivity index (χ2v) is 8.69. The Labute approximate surface area is 175 Å². The molecule has 4 rings (SSSR count). The van der Waals surface area contributed by atoms with E-state index in [0.717, 1.165) is 5.56 Å². The van der Waals surface area contributed by atoms with Gasteiger partial charge in [0, 0.05) is 18.9 Å². The van der Waals surface area contributed by atoms with Crippen LogP contribution in [0.2, 0.25) is 0 Å². The highest BCUT2D eigenvalue weighted by atomic mass is 32.2. The number of rotatable bonds is 5. The fourth-order valence-corrected chi connectivity index (χ4v) is 4.63. The highest BCUT2D eigenvalue weighted by Crippen LogP contribution is 2.34. The molecule has 1 unspecified atom stereocenters. The topological polar surface area (TPSA) is 78.8 Å². The number of benzene rings is 3. The zero-order valence-electron chi connectivity index (χ0n) is 16.4. The van der Waals surface area contributed by atoms with E-state index in [1.165, 1.54) is 11.9 Å². The molecule has 1 amide bonds. The van der Waals surface area contributed by atoms with Crippen LogP contribution in [0.15, 0.2) is 94.9 Å².